The Morgan fingerprint density at radius 3 is 2.63 bits per heavy atom. The molecule has 2 N–H and O–H groups in total. The van der Waals surface area contributed by atoms with Crippen molar-refractivity contribution in [3.63, 3.8) is 0 Å². The van der Waals surface area contributed by atoms with Crippen LogP contribution in [0, 0.1) is 5.92 Å². The van der Waals surface area contributed by atoms with E-state index in [1.165, 1.54) is 6.26 Å². The second-order valence-corrected chi connectivity index (χ2v) is 4.94. The molecule has 0 radical (unpaired) electrons. The number of furan rings is 1. The van der Waals surface area contributed by atoms with E-state index in [0.717, 1.165) is 0 Å². The fourth-order valence-corrected chi connectivity index (χ4v) is 1.44. The maximum Gasteiger partial charge on any atom is 0.286 e. The molecule has 0 spiro atoms. The summed E-state index contributed by atoms with van der Waals surface area (Å²) in [5, 5.41) is 5.63. The Morgan fingerprint density at radius 2 is 2.05 bits per heavy atom. The lowest BCUT2D eigenvalue weighted by Crippen LogP contribution is -2.36. The molecule has 1 heterocycles. The van der Waals surface area contributed by atoms with E-state index >= 15 is 0 Å². The average molecular weight is 266 g/mol. The van der Waals surface area contributed by atoms with Crippen LogP contribution >= 0.6 is 0 Å². The summed E-state index contributed by atoms with van der Waals surface area (Å²) in [5.41, 5.74) is 0. The van der Waals surface area contributed by atoms with Gasteiger partial charge in [0.25, 0.3) is 5.91 Å². The minimum absolute atomic E-state index is 0.0217. The van der Waals surface area contributed by atoms with E-state index in [-0.39, 0.29) is 23.6 Å². The highest BCUT2D eigenvalue weighted by atomic mass is 16.3. The summed E-state index contributed by atoms with van der Waals surface area (Å²) in [6, 6.07) is 3.44. The SMILES string of the molecule is CC(C)C(C)NC(=O)CCCNC(=O)c1ccco1. The molecule has 1 aromatic heterocycles. The number of amides is 2. The van der Waals surface area contributed by atoms with Crippen molar-refractivity contribution in [1.29, 1.82) is 0 Å². The van der Waals surface area contributed by atoms with Gasteiger partial charge >= 0.3 is 0 Å². The van der Waals surface area contributed by atoms with Crippen LogP contribution < -0.4 is 10.6 Å². The summed E-state index contributed by atoms with van der Waals surface area (Å²) in [7, 11) is 0. The Balaban J connectivity index is 2.14. The van der Waals surface area contributed by atoms with Gasteiger partial charge in [-0.15, -0.1) is 0 Å². The number of hydrogen-bond donors (Lipinski definition) is 2. The minimum Gasteiger partial charge on any atom is -0.459 e. The van der Waals surface area contributed by atoms with E-state index in [9.17, 15) is 9.59 Å². The number of carbonyl (C=O) groups excluding carboxylic acids is 2. The molecular formula is C14H22N2O3. The molecule has 0 aliphatic rings. The Kier molecular flexibility index (Phi) is 6.12. The molecule has 2 amide bonds. The molecule has 0 fully saturated rings. The van der Waals surface area contributed by atoms with E-state index in [2.05, 4.69) is 24.5 Å². The van der Waals surface area contributed by atoms with Crippen molar-refractivity contribution in [3.8, 4) is 0 Å². The Hall–Kier alpha value is -1.78. The smallest absolute Gasteiger partial charge is 0.286 e. The van der Waals surface area contributed by atoms with Gasteiger partial charge in [-0.2, -0.15) is 0 Å². The predicted octanol–water partition coefficient (Wildman–Crippen LogP) is 1.95. The molecule has 106 valence electrons. The zero-order valence-corrected chi connectivity index (χ0v) is 11.7. The van der Waals surface area contributed by atoms with Crippen LogP contribution in [0.25, 0.3) is 0 Å². The fraction of sp³-hybridized carbons (Fsp3) is 0.571. The molecule has 0 bridgehead atoms. The van der Waals surface area contributed by atoms with Crippen LogP contribution in [0.2, 0.25) is 0 Å². The molecule has 1 atom stereocenters. The number of nitrogens with one attached hydrogen (secondary N) is 2. The number of rotatable bonds is 7. The van der Waals surface area contributed by atoms with E-state index in [1.54, 1.807) is 12.1 Å². The summed E-state index contributed by atoms with van der Waals surface area (Å²) >= 11 is 0. The number of hydrogen-bond acceptors (Lipinski definition) is 3. The van der Waals surface area contributed by atoms with Gasteiger partial charge in [0.1, 0.15) is 0 Å². The lowest BCUT2D eigenvalue weighted by Gasteiger charge is -2.17. The maximum absolute atomic E-state index is 11.6. The molecule has 19 heavy (non-hydrogen) atoms. The van der Waals surface area contributed by atoms with E-state index in [0.29, 0.717) is 25.3 Å². The summed E-state index contributed by atoms with van der Waals surface area (Å²) in [4.78, 5) is 23.1. The van der Waals surface area contributed by atoms with Gasteiger partial charge in [-0.3, -0.25) is 9.59 Å². The topological polar surface area (TPSA) is 71.3 Å². The van der Waals surface area contributed by atoms with E-state index in [4.69, 9.17) is 4.42 Å². The highest BCUT2D eigenvalue weighted by Crippen LogP contribution is 2.01. The molecule has 0 saturated carbocycles. The highest BCUT2D eigenvalue weighted by molar-refractivity contribution is 5.91. The summed E-state index contributed by atoms with van der Waals surface area (Å²) in [6.07, 6.45) is 2.48. The third-order valence-corrected chi connectivity index (χ3v) is 3.00. The molecule has 5 heteroatoms. The normalized spacial score (nSPS) is 12.2. The first-order chi connectivity index (χ1) is 9.00. The van der Waals surface area contributed by atoms with Gasteiger partial charge in [0, 0.05) is 19.0 Å². The standard InChI is InChI=1S/C14H22N2O3/c1-10(2)11(3)16-13(17)7-4-8-15-14(18)12-6-5-9-19-12/h5-6,9-11H,4,7-8H2,1-3H3,(H,15,18)(H,16,17). The quantitative estimate of drug-likeness (QED) is 0.741. The zero-order valence-electron chi connectivity index (χ0n) is 11.7. The van der Waals surface area contributed by atoms with Gasteiger partial charge in [-0.25, -0.2) is 0 Å². The first-order valence-electron chi connectivity index (χ1n) is 6.61. The molecule has 0 saturated heterocycles. The fourth-order valence-electron chi connectivity index (χ4n) is 1.44. The van der Waals surface area contributed by atoms with Crippen LogP contribution in [0.3, 0.4) is 0 Å². The largest absolute Gasteiger partial charge is 0.459 e. The Labute approximate surface area is 113 Å². The summed E-state index contributed by atoms with van der Waals surface area (Å²) in [5.74, 6) is 0.481. The number of carbonyl (C=O) groups is 2. The monoisotopic (exact) mass is 266 g/mol. The van der Waals surface area contributed by atoms with E-state index in [1.807, 2.05) is 6.92 Å². The van der Waals surface area contributed by atoms with Gasteiger partial charge in [0.15, 0.2) is 5.76 Å². The Bertz CT molecular complexity index is 399. The van der Waals surface area contributed by atoms with Crippen LogP contribution in [0.15, 0.2) is 22.8 Å². The molecule has 5 nitrogen and oxygen atoms in total. The first kappa shape index (κ1) is 15.3. The van der Waals surface area contributed by atoms with Gasteiger partial charge in [0.2, 0.25) is 5.91 Å². The molecule has 1 rings (SSSR count). The van der Waals surface area contributed by atoms with Crippen molar-refractivity contribution in [1.82, 2.24) is 10.6 Å². The lowest BCUT2D eigenvalue weighted by atomic mass is 10.1. The predicted molar refractivity (Wildman–Crippen MR) is 72.7 cm³/mol. The highest BCUT2D eigenvalue weighted by Gasteiger charge is 2.11. The Morgan fingerprint density at radius 1 is 1.32 bits per heavy atom. The van der Waals surface area contributed by atoms with Gasteiger partial charge in [0.05, 0.1) is 6.26 Å². The molecule has 0 aliphatic heterocycles. The van der Waals surface area contributed by atoms with Crippen molar-refractivity contribution in [2.75, 3.05) is 6.54 Å². The second kappa shape index (κ2) is 7.61. The minimum atomic E-state index is -0.249. The van der Waals surface area contributed by atoms with Crippen molar-refractivity contribution in [2.24, 2.45) is 5.92 Å². The summed E-state index contributed by atoms with van der Waals surface area (Å²) in [6.45, 7) is 6.58. The van der Waals surface area contributed by atoms with Crippen molar-refractivity contribution >= 4 is 11.8 Å². The third-order valence-electron chi connectivity index (χ3n) is 3.00. The third kappa shape index (κ3) is 5.59. The summed E-state index contributed by atoms with van der Waals surface area (Å²) < 4.78 is 4.96. The molecule has 0 aliphatic carbocycles. The molecular weight excluding hydrogens is 244 g/mol. The van der Waals surface area contributed by atoms with Crippen LogP contribution in [0.5, 0.6) is 0 Å². The van der Waals surface area contributed by atoms with Gasteiger partial charge in [-0.1, -0.05) is 13.8 Å². The van der Waals surface area contributed by atoms with Crippen molar-refractivity contribution in [3.05, 3.63) is 24.2 Å². The van der Waals surface area contributed by atoms with Crippen LogP contribution in [0.4, 0.5) is 0 Å². The molecule has 1 aromatic rings. The van der Waals surface area contributed by atoms with E-state index < -0.39 is 0 Å². The van der Waals surface area contributed by atoms with Crippen LogP contribution in [-0.2, 0) is 4.79 Å². The van der Waals surface area contributed by atoms with Crippen molar-refractivity contribution < 1.29 is 14.0 Å². The zero-order chi connectivity index (χ0) is 14.3. The maximum atomic E-state index is 11.6. The molecule has 1 unspecified atom stereocenters. The van der Waals surface area contributed by atoms with Crippen LogP contribution in [0.1, 0.15) is 44.2 Å². The lowest BCUT2D eigenvalue weighted by molar-refractivity contribution is -0.122. The average Bonchev–Trinajstić information content (AvgIpc) is 2.88. The van der Waals surface area contributed by atoms with Crippen LogP contribution in [-0.4, -0.2) is 24.4 Å². The second-order valence-electron chi connectivity index (χ2n) is 4.94. The van der Waals surface area contributed by atoms with Crippen molar-refractivity contribution in [2.45, 2.75) is 39.7 Å². The first-order valence-corrected chi connectivity index (χ1v) is 6.61. The van der Waals surface area contributed by atoms with Gasteiger partial charge < -0.3 is 15.1 Å². The molecule has 0 aromatic carbocycles. The van der Waals surface area contributed by atoms with Gasteiger partial charge in [-0.05, 0) is 31.4 Å².